The highest BCUT2D eigenvalue weighted by atomic mass is 35.5. The molecule has 0 amide bonds. The van der Waals surface area contributed by atoms with Gasteiger partial charge in [-0.05, 0) is 19.2 Å². The molecule has 0 radical (unpaired) electrons. The predicted octanol–water partition coefficient (Wildman–Crippen LogP) is 1.71. The number of nitrogens with one attached hydrogen (secondary N) is 1. The highest BCUT2D eigenvalue weighted by molar-refractivity contribution is 6.29. The molecule has 13 heavy (non-hydrogen) atoms. The second kappa shape index (κ2) is 3.36. The quantitative estimate of drug-likeness (QED) is 0.740. The van der Waals surface area contributed by atoms with E-state index in [0.717, 1.165) is 17.9 Å². The Morgan fingerprint density at radius 3 is 3.08 bits per heavy atom. The zero-order valence-corrected chi connectivity index (χ0v) is 8.04. The second-order valence-electron chi connectivity index (χ2n) is 2.84. The van der Waals surface area contributed by atoms with Crippen LogP contribution in [0, 0.1) is 0 Å². The summed E-state index contributed by atoms with van der Waals surface area (Å²) in [4.78, 5) is 4.38. The van der Waals surface area contributed by atoms with Gasteiger partial charge in [-0.3, -0.25) is 4.40 Å². The topological polar surface area (TPSA) is 29.3 Å². The Morgan fingerprint density at radius 2 is 2.38 bits per heavy atom. The van der Waals surface area contributed by atoms with Crippen LogP contribution in [0.1, 0.15) is 5.69 Å². The van der Waals surface area contributed by atoms with Crippen molar-refractivity contribution in [1.29, 1.82) is 0 Å². The van der Waals surface area contributed by atoms with Gasteiger partial charge in [-0.25, -0.2) is 4.98 Å². The molecule has 0 aromatic carbocycles. The van der Waals surface area contributed by atoms with Crippen molar-refractivity contribution in [2.24, 2.45) is 0 Å². The maximum Gasteiger partial charge on any atom is 0.138 e. The van der Waals surface area contributed by atoms with E-state index in [0.29, 0.717) is 5.15 Å². The van der Waals surface area contributed by atoms with E-state index in [1.807, 2.05) is 35.8 Å². The number of fused-ring (bicyclic) bond motifs is 1. The van der Waals surface area contributed by atoms with Crippen LogP contribution in [-0.4, -0.2) is 16.4 Å². The van der Waals surface area contributed by atoms with Gasteiger partial charge in [0.2, 0.25) is 0 Å². The average Bonchev–Trinajstić information content (AvgIpc) is 2.49. The van der Waals surface area contributed by atoms with E-state index in [-0.39, 0.29) is 0 Å². The van der Waals surface area contributed by atoms with Crippen molar-refractivity contribution >= 4 is 17.2 Å². The molecule has 2 aromatic rings. The molecule has 2 aromatic heterocycles. The molecule has 0 atom stereocenters. The Balaban J connectivity index is 2.55. The van der Waals surface area contributed by atoms with Crippen LogP contribution >= 0.6 is 11.6 Å². The first-order valence-electron chi connectivity index (χ1n) is 4.08. The first kappa shape index (κ1) is 8.53. The first-order valence-corrected chi connectivity index (χ1v) is 4.46. The van der Waals surface area contributed by atoms with Crippen molar-refractivity contribution < 1.29 is 0 Å². The largest absolute Gasteiger partial charge is 0.314 e. The van der Waals surface area contributed by atoms with Crippen LogP contribution in [0.15, 0.2) is 24.4 Å². The number of nitrogens with zero attached hydrogens (tertiary/aromatic N) is 2. The molecule has 0 saturated carbocycles. The van der Waals surface area contributed by atoms with E-state index >= 15 is 0 Å². The molecule has 3 nitrogen and oxygen atoms in total. The molecule has 0 aliphatic rings. The van der Waals surface area contributed by atoms with E-state index in [1.54, 1.807) is 0 Å². The summed E-state index contributed by atoms with van der Waals surface area (Å²) in [6.07, 6.45) is 1.94. The summed E-state index contributed by atoms with van der Waals surface area (Å²) in [7, 11) is 1.89. The lowest BCUT2D eigenvalue weighted by Gasteiger charge is -1.93. The molecule has 0 unspecified atom stereocenters. The molecule has 68 valence electrons. The maximum atomic E-state index is 5.97. The van der Waals surface area contributed by atoms with Gasteiger partial charge < -0.3 is 5.32 Å². The third-order valence-corrected chi connectivity index (χ3v) is 2.16. The Bertz CT molecular complexity index is 422. The van der Waals surface area contributed by atoms with Crippen LogP contribution in [0.2, 0.25) is 5.15 Å². The van der Waals surface area contributed by atoms with Gasteiger partial charge in [-0.1, -0.05) is 17.7 Å². The number of hydrogen-bond donors (Lipinski definition) is 1. The monoisotopic (exact) mass is 195 g/mol. The fourth-order valence-corrected chi connectivity index (χ4v) is 1.50. The van der Waals surface area contributed by atoms with Crippen molar-refractivity contribution in [3.63, 3.8) is 0 Å². The fourth-order valence-electron chi connectivity index (χ4n) is 1.29. The molecular formula is C9H10ClN3. The lowest BCUT2D eigenvalue weighted by atomic mass is 10.5. The number of imidazole rings is 1. The molecule has 0 fully saturated rings. The average molecular weight is 196 g/mol. The Kier molecular flexibility index (Phi) is 2.20. The van der Waals surface area contributed by atoms with Crippen molar-refractivity contribution in [1.82, 2.24) is 14.7 Å². The van der Waals surface area contributed by atoms with Crippen molar-refractivity contribution in [3.05, 3.63) is 35.2 Å². The number of pyridine rings is 1. The summed E-state index contributed by atoms with van der Waals surface area (Å²) in [6, 6.07) is 5.68. The van der Waals surface area contributed by atoms with Crippen LogP contribution < -0.4 is 5.32 Å². The highest BCUT2D eigenvalue weighted by Gasteiger charge is 2.01. The Morgan fingerprint density at radius 1 is 1.54 bits per heavy atom. The number of rotatable bonds is 2. The standard InChI is InChI=1S/C9H10ClN3/c1-11-5-7-6-13-8(10)3-2-4-9(13)12-7/h2-4,6,11H,5H2,1H3. The molecule has 0 aliphatic carbocycles. The SMILES string of the molecule is CNCc1cn2c(Cl)cccc2n1. The van der Waals surface area contributed by atoms with Gasteiger partial charge in [-0.2, -0.15) is 0 Å². The summed E-state index contributed by atoms with van der Waals surface area (Å²) >= 11 is 5.97. The normalized spacial score (nSPS) is 10.9. The van der Waals surface area contributed by atoms with E-state index < -0.39 is 0 Å². The van der Waals surface area contributed by atoms with Crippen LogP contribution in [0.25, 0.3) is 5.65 Å². The minimum Gasteiger partial charge on any atom is -0.314 e. The van der Waals surface area contributed by atoms with Gasteiger partial charge in [0, 0.05) is 12.7 Å². The molecule has 0 saturated heterocycles. The Hall–Kier alpha value is -1.06. The lowest BCUT2D eigenvalue weighted by molar-refractivity contribution is 0.798. The third kappa shape index (κ3) is 1.53. The molecule has 0 aliphatic heterocycles. The van der Waals surface area contributed by atoms with Crippen LogP contribution in [-0.2, 0) is 6.54 Å². The molecule has 0 spiro atoms. The minimum atomic E-state index is 0.687. The summed E-state index contributed by atoms with van der Waals surface area (Å²) in [5.74, 6) is 0. The van der Waals surface area contributed by atoms with E-state index in [4.69, 9.17) is 11.6 Å². The summed E-state index contributed by atoms with van der Waals surface area (Å²) in [5, 5.41) is 3.73. The molecule has 2 heterocycles. The first-order chi connectivity index (χ1) is 6.31. The molecular weight excluding hydrogens is 186 g/mol. The number of aromatic nitrogens is 2. The van der Waals surface area contributed by atoms with Gasteiger partial charge in [0.25, 0.3) is 0 Å². The van der Waals surface area contributed by atoms with E-state index in [1.165, 1.54) is 0 Å². The van der Waals surface area contributed by atoms with E-state index in [9.17, 15) is 0 Å². The van der Waals surface area contributed by atoms with Gasteiger partial charge >= 0.3 is 0 Å². The van der Waals surface area contributed by atoms with Gasteiger partial charge in [-0.15, -0.1) is 0 Å². The summed E-state index contributed by atoms with van der Waals surface area (Å²) in [5.41, 5.74) is 1.88. The van der Waals surface area contributed by atoms with Crippen molar-refractivity contribution in [2.45, 2.75) is 6.54 Å². The predicted molar refractivity (Wildman–Crippen MR) is 53.0 cm³/mol. The van der Waals surface area contributed by atoms with Gasteiger partial charge in [0.1, 0.15) is 10.8 Å². The highest BCUT2D eigenvalue weighted by Crippen LogP contribution is 2.12. The van der Waals surface area contributed by atoms with Gasteiger partial charge in [0.15, 0.2) is 0 Å². The third-order valence-electron chi connectivity index (χ3n) is 1.85. The summed E-state index contributed by atoms with van der Waals surface area (Å²) in [6.45, 7) is 0.762. The zero-order chi connectivity index (χ0) is 9.26. The number of hydrogen-bond acceptors (Lipinski definition) is 2. The van der Waals surface area contributed by atoms with Crippen LogP contribution in [0.3, 0.4) is 0 Å². The molecule has 1 N–H and O–H groups in total. The second-order valence-corrected chi connectivity index (χ2v) is 3.23. The zero-order valence-electron chi connectivity index (χ0n) is 7.29. The maximum absolute atomic E-state index is 5.97. The Labute approximate surface area is 81.4 Å². The lowest BCUT2D eigenvalue weighted by Crippen LogP contribution is -2.04. The molecule has 0 bridgehead atoms. The van der Waals surface area contributed by atoms with Crippen molar-refractivity contribution in [2.75, 3.05) is 7.05 Å². The fraction of sp³-hybridized carbons (Fsp3) is 0.222. The molecule has 4 heteroatoms. The minimum absolute atomic E-state index is 0.687. The van der Waals surface area contributed by atoms with Crippen molar-refractivity contribution in [3.8, 4) is 0 Å². The number of halogens is 1. The van der Waals surface area contributed by atoms with E-state index in [2.05, 4.69) is 10.3 Å². The van der Waals surface area contributed by atoms with Crippen LogP contribution in [0.5, 0.6) is 0 Å². The van der Waals surface area contributed by atoms with Gasteiger partial charge in [0.05, 0.1) is 5.69 Å². The van der Waals surface area contributed by atoms with Crippen LogP contribution in [0.4, 0.5) is 0 Å². The summed E-state index contributed by atoms with van der Waals surface area (Å²) < 4.78 is 1.87. The smallest absolute Gasteiger partial charge is 0.138 e. The molecule has 2 rings (SSSR count).